The maximum absolute atomic E-state index is 15.9. The van der Waals surface area contributed by atoms with Crippen molar-refractivity contribution in [3.05, 3.63) is 104 Å². The fourth-order valence-corrected chi connectivity index (χ4v) is 5.96. The summed E-state index contributed by atoms with van der Waals surface area (Å²) in [5, 5.41) is 10.5. The van der Waals surface area contributed by atoms with Crippen molar-refractivity contribution in [1.82, 2.24) is 24.0 Å². The predicted octanol–water partition coefficient (Wildman–Crippen LogP) is 4.96. The van der Waals surface area contributed by atoms with E-state index in [1.54, 1.807) is 19.2 Å². The topological polar surface area (TPSA) is 115 Å². The standard InChI is InChI=1S/C32H29F3N6O4/c1-16(2)26-28(17(3)9-11-37-26)41-29-23(14-22(35)27(38-29)25-21(34)7-6-8-24(25)42)40(31(44)32(41)45)19-10-12-39(30(43)18(4)33)20(13-19)15-36-5/h6-9,11,14,16,19-20,42H,4,10,12-13,15H2,1-3H3/t19?,20-/m1/s1. The second-order valence-electron chi connectivity index (χ2n) is 11.2. The number of phenols is 1. The Balaban J connectivity index is 1.85. The molecule has 5 rings (SSSR count). The van der Waals surface area contributed by atoms with Crippen molar-refractivity contribution in [2.24, 2.45) is 0 Å². The number of aromatic nitrogens is 4. The highest BCUT2D eigenvalue weighted by Gasteiger charge is 2.37. The highest BCUT2D eigenvalue weighted by molar-refractivity contribution is 5.91. The molecule has 1 unspecified atom stereocenters. The van der Waals surface area contributed by atoms with Crippen LogP contribution in [-0.2, 0) is 4.79 Å². The van der Waals surface area contributed by atoms with E-state index in [2.05, 4.69) is 21.4 Å². The second kappa shape index (κ2) is 12.0. The predicted molar refractivity (Wildman–Crippen MR) is 161 cm³/mol. The van der Waals surface area contributed by atoms with Crippen molar-refractivity contribution in [3.8, 4) is 22.7 Å². The van der Waals surface area contributed by atoms with Gasteiger partial charge in [0.2, 0.25) is 6.54 Å². The summed E-state index contributed by atoms with van der Waals surface area (Å²) in [6, 6.07) is 4.37. The van der Waals surface area contributed by atoms with Crippen LogP contribution in [0.3, 0.4) is 0 Å². The molecule has 1 saturated heterocycles. The normalized spacial score (nSPS) is 16.6. The monoisotopic (exact) mass is 618 g/mol. The van der Waals surface area contributed by atoms with Gasteiger partial charge in [-0.1, -0.05) is 26.5 Å². The summed E-state index contributed by atoms with van der Waals surface area (Å²) in [6.07, 6.45) is 1.59. The Kier molecular flexibility index (Phi) is 8.34. The van der Waals surface area contributed by atoms with Gasteiger partial charge in [-0.3, -0.25) is 28.5 Å². The number of pyridine rings is 2. The van der Waals surface area contributed by atoms with Crippen LogP contribution in [0.2, 0.25) is 0 Å². The van der Waals surface area contributed by atoms with Crippen LogP contribution in [0.25, 0.3) is 33.0 Å². The van der Waals surface area contributed by atoms with Crippen LogP contribution in [0.5, 0.6) is 5.75 Å². The van der Waals surface area contributed by atoms with E-state index in [0.29, 0.717) is 11.3 Å². The Labute approximate surface area is 255 Å². The third kappa shape index (κ3) is 5.37. The number of piperidine rings is 1. The maximum Gasteiger partial charge on any atom is 0.322 e. The number of benzene rings is 1. The molecule has 232 valence electrons. The van der Waals surface area contributed by atoms with E-state index in [-0.39, 0.29) is 48.7 Å². The van der Waals surface area contributed by atoms with Gasteiger partial charge in [0.1, 0.15) is 23.3 Å². The van der Waals surface area contributed by atoms with E-state index in [1.165, 1.54) is 12.1 Å². The molecule has 1 amide bonds. The Bertz CT molecular complexity index is 2010. The van der Waals surface area contributed by atoms with Crippen LogP contribution in [0, 0.1) is 25.1 Å². The van der Waals surface area contributed by atoms with Gasteiger partial charge >= 0.3 is 11.1 Å². The number of nitrogens with zero attached hydrogens (tertiary/aromatic N) is 6. The van der Waals surface area contributed by atoms with E-state index in [1.807, 2.05) is 13.8 Å². The number of halogens is 3. The van der Waals surface area contributed by atoms with Gasteiger partial charge in [-0.15, -0.1) is 0 Å². The van der Waals surface area contributed by atoms with Crippen LogP contribution in [0.4, 0.5) is 13.2 Å². The molecular weight excluding hydrogens is 589 g/mol. The fourth-order valence-electron chi connectivity index (χ4n) is 5.96. The molecule has 0 radical (unpaired) electrons. The third-order valence-corrected chi connectivity index (χ3v) is 8.01. The largest absolute Gasteiger partial charge is 0.507 e. The molecule has 1 aliphatic rings. The van der Waals surface area contributed by atoms with Gasteiger partial charge in [-0.05, 0) is 49.4 Å². The number of likely N-dealkylation sites (tertiary alicyclic amines) is 1. The molecular formula is C32H29F3N6O4. The molecule has 1 fully saturated rings. The number of fused-ring (bicyclic) bond motifs is 1. The molecule has 0 spiro atoms. The molecule has 4 heterocycles. The Hall–Kier alpha value is -5.25. The number of aryl methyl sites for hydroxylation is 1. The molecule has 1 aliphatic heterocycles. The molecule has 10 nitrogen and oxygen atoms in total. The molecule has 0 aliphatic carbocycles. The van der Waals surface area contributed by atoms with E-state index in [0.717, 1.165) is 26.2 Å². The first-order chi connectivity index (χ1) is 21.4. The zero-order chi connectivity index (χ0) is 32.7. The Morgan fingerprint density at radius 1 is 1.20 bits per heavy atom. The molecule has 13 heteroatoms. The third-order valence-electron chi connectivity index (χ3n) is 8.01. The molecule has 1 N–H and O–H groups in total. The van der Waals surface area contributed by atoms with Crippen molar-refractivity contribution in [1.29, 1.82) is 0 Å². The van der Waals surface area contributed by atoms with Crippen molar-refractivity contribution >= 4 is 17.1 Å². The SMILES string of the molecule is [C-]#[N+]C[C@H]1CC(n2c(=O)c(=O)n(-c3c(C)ccnc3C(C)C)c3nc(-c4c(O)cccc4F)c(F)cc32)CCN1C(=O)C(=C)F. The first-order valence-corrected chi connectivity index (χ1v) is 14.2. The second-order valence-corrected chi connectivity index (χ2v) is 11.2. The summed E-state index contributed by atoms with van der Waals surface area (Å²) in [4.78, 5) is 53.9. The lowest BCUT2D eigenvalue weighted by Gasteiger charge is -2.37. The van der Waals surface area contributed by atoms with Crippen LogP contribution in [0.15, 0.2) is 58.5 Å². The van der Waals surface area contributed by atoms with Gasteiger partial charge in [0, 0.05) is 24.8 Å². The summed E-state index contributed by atoms with van der Waals surface area (Å²) in [7, 11) is 0. The van der Waals surface area contributed by atoms with Gasteiger partial charge in [-0.2, -0.15) is 0 Å². The molecule has 2 atom stereocenters. The van der Waals surface area contributed by atoms with Crippen molar-refractivity contribution in [2.75, 3.05) is 13.1 Å². The molecule has 0 saturated carbocycles. The lowest BCUT2D eigenvalue weighted by Crippen LogP contribution is -2.51. The lowest BCUT2D eigenvalue weighted by molar-refractivity contribution is -0.132. The van der Waals surface area contributed by atoms with Gasteiger partial charge in [0.15, 0.2) is 17.3 Å². The number of carbonyl (C=O) groups excluding carboxylic acids is 1. The fraction of sp³-hybridized carbons (Fsp3) is 0.312. The number of hydrogen-bond donors (Lipinski definition) is 1. The van der Waals surface area contributed by atoms with E-state index >= 15 is 4.39 Å². The average molecular weight is 619 g/mol. The molecule has 0 bridgehead atoms. The zero-order valence-electron chi connectivity index (χ0n) is 24.7. The summed E-state index contributed by atoms with van der Waals surface area (Å²) in [5.41, 5.74) is -2.23. The first kappa shape index (κ1) is 31.2. The minimum absolute atomic E-state index is 0.0273. The molecule has 45 heavy (non-hydrogen) atoms. The number of hydrogen-bond acceptors (Lipinski definition) is 6. The zero-order valence-corrected chi connectivity index (χ0v) is 24.7. The van der Waals surface area contributed by atoms with Crippen molar-refractivity contribution < 1.29 is 23.1 Å². The number of aromatic hydroxyl groups is 1. The van der Waals surface area contributed by atoms with Crippen LogP contribution in [-0.4, -0.2) is 54.1 Å². The first-order valence-electron chi connectivity index (χ1n) is 14.2. The minimum Gasteiger partial charge on any atom is -0.507 e. The quantitative estimate of drug-likeness (QED) is 0.186. The van der Waals surface area contributed by atoms with Crippen LogP contribution >= 0.6 is 0 Å². The molecule has 1 aromatic carbocycles. The van der Waals surface area contributed by atoms with E-state index in [9.17, 15) is 28.3 Å². The Morgan fingerprint density at radius 3 is 2.58 bits per heavy atom. The van der Waals surface area contributed by atoms with Gasteiger partial charge in [0.25, 0.3) is 5.91 Å². The van der Waals surface area contributed by atoms with Gasteiger partial charge < -0.3 is 14.9 Å². The summed E-state index contributed by atoms with van der Waals surface area (Å²) in [6.45, 7) is 15.5. The van der Waals surface area contributed by atoms with Crippen LogP contribution < -0.4 is 11.1 Å². The van der Waals surface area contributed by atoms with Gasteiger partial charge in [0.05, 0.1) is 22.5 Å². The number of phenolic OH excluding ortho intramolecular Hbond substituents is 1. The summed E-state index contributed by atoms with van der Waals surface area (Å²) >= 11 is 0. The lowest BCUT2D eigenvalue weighted by atomic mass is 9.96. The minimum atomic E-state index is -1.20. The highest BCUT2D eigenvalue weighted by Crippen LogP contribution is 2.36. The van der Waals surface area contributed by atoms with E-state index < -0.39 is 63.6 Å². The summed E-state index contributed by atoms with van der Waals surface area (Å²) < 4.78 is 46.8. The van der Waals surface area contributed by atoms with E-state index in [4.69, 9.17) is 6.57 Å². The number of carbonyl (C=O) groups is 1. The molecule has 3 aromatic heterocycles. The highest BCUT2D eigenvalue weighted by atomic mass is 19.1. The van der Waals surface area contributed by atoms with Gasteiger partial charge in [-0.25, -0.2) is 24.7 Å². The van der Waals surface area contributed by atoms with Crippen molar-refractivity contribution in [2.45, 2.75) is 51.6 Å². The maximum atomic E-state index is 15.9. The van der Waals surface area contributed by atoms with Crippen LogP contribution in [0.1, 0.15) is 49.9 Å². The average Bonchev–Trinajstić information content (AvgIpc) is 2.98. The number of amides is 1. The Morgan fingerprint density at radius 2 is 1.93 bits per heavy atom. The summed E-state index contributed by atoms with van der Waals surface area (Å²) in [5.74, 6) is -5.02. The molecule has 4 aromatic rings. The number of rotatable bonds is 6. The smallest absolute Gasteiger partial charge is 0.322 e. The van der Waals surface area contributed by atoms with Crippen molar-refractivity contribution in [3.63, 3.8) is 0 Å².